The highest BCUT2D eigenvalue weighted by molar-refractivity contribution is 5.96. The minimum Gasteiger partial charge on any atom is -0.295 e. The molecule has 0 aromatic heterocycles. The second kappa shape index (κ2) is 5.45. The van der Waals surface area contributed by atoms with Gasteiger partial charge in [0.2, 0.25) is 0 Å². The summed E-state index contributed by atoms with van der Waals surface area (Å²) in [5, 5.41) is 3.45. The van der Waals surface area contributed by atoms with E-state index in [4.69, 9.17) is 5.53 Å². The van der Waals surface area contributed by atoms with E-state index in [1.807, 2.05) is 6.92 Å². The van der Waals surface area contributed by atoms with E-state index < -0.39 is 0 Å². The number of carbonyl (C=O) groups excluding carboxylic acids is 1. The van der Waals surface area contributed by atoms with Gasteiger partial charge in [0.1, 0.15) is 0 Å². The Hall–Kier alpha value is -1.28. The second-order valence-corrected chi connectivity index (χ2v) is 3.59. The van der Waals surface area contributed by atoms with Crippen LogP contribution in [0.25, 0.3) is 10.4 Å². The Morgan fingerprint density at radius 3 is 2.93 bits per heavy atom. The molecular weight excluding hydrogens is 178 g/mol. The van der Waals surface area contributed by atoms with Gasteiger partial charge in [0, 0.05) is 17.9 Å². The first-order chi connectivity index (χ1) is 6.75. The van der Waals surface area contributed by atoms with E-state index in [1.165, 1.54) is 5.57 Å². The average Bonchev–Trinajstić information content (AvgIpc) is 2.16. The summed E-state index contributed by atoms with van der Waals surface area (Å²) >= 11 is 0. The van der Waals surface area contributed by atoms with Crippen molar-refractivity contribution < 1.29 is 4.79 Å². The molecule has 76 valence electrons. The van der Waals surface area contributed by atoms with Crippen LogP contribution in [0.1, 0.15) is 39.0 Å². The van der Waals surface area contributed by atoms with Gasteiger partial charge in [-0.05, 0) is 43.7 Å². The van der Waals surface area contributed by atoms with Gasteiger partial charge in [-0.3, -0.25) is 4.79 Å². The van der Waals surface area contributed by atoms with Crippen molar-refractivity contribution in [3.8, 4) is 0 Å². The van der Waals surface area contributed by atoms with Gasteiger partial charge in [-0.1, -0.05) is 10.7 Å². The van der Waals surface area contributed by atoms with E-state index in [2.05, 4.69) is 10.0 Å². The molecule has 0 saturated heterocycles. The molecule has 0 saturated carbocycles. The van der Waals surface area contributed by atoms with Crippen molar-refractivity contribution in [1.82, 2.24) is 0 Å². The standard InChI is InChI=1S/C10H15N3O/c1-8-4-2-6-10(14)9(8)5-3-7-12-13-11/h2-7H2,1H3. The number of allylic oxidation sites excluding steroid dienone is 2. The number of azide groups is 1. The maximum atomic E-state index is 11.5. The molecule has 0 aromatic carbocycles. The zero-order valence-corrected chi connectivity index (χ0v) is 8.49. The Labute approximate surface area is 83.6 Å². The lowest BCUT2D eigenvalue weighted by Crippen LogP contribution is -2.10. The molecule has 1 aliphatic rings. The normalized spacial score (nSPS) is 16.8. The predicted octanol–water partition coefficient (Wildman–Crippen LogP) is 3.15. The molecule has 1 aliphatic carbocycles. The van der Waals surface area contributed by atoms with Crippen molar-refractivity contribution in [2.75, 3.05) is 6.54 Å². The molecule has 14 heavy (non-hydrogen) atoms. The average molecular weight is 193 g/mol. The summed E-state index contributed by atoms with van der Waals surface area (Å²) in [5.41, 5.74) is 10.3. The molecule has 1 rings (SSSR count). The third kappa shape index (κ3) is 2.89. The minimum absolute atomic E-state index is 0.287. The molecule has 0 fully saturated rings. The largest absolute Gasteiger partial charge is 0.295 e. The van der Waals surface area contributed by atoms with E-state index in [0.717, 1.165) is 31.3 Å². The fourth-order valence-corrected chi connectivity index (χ4v) is 1.78. The van der Waals surface area contributed by atoms with Gasteiger partial charge in [-0.2, -0.15) is 0 Å². The van der Waals surface area contributed by atoms with Gasteiger partial charge in [-0.15, -0.1) is 0 Å². The molecule has 0 aliphatic heterocycles. The fraction of sp³-hybridized carbons (Fsp3) is 0.700. The number of nitrogens with zero attached hydrogens (tertiary/aromatic N) is 3. The quantitative estimate of drug-likeness (QED) is 0.292. The lowest BCUT2D eigenvalue weighted by Gasteiger charge is -2.15. The van der Waals surface area contributed by atoms with Crippen molar-refractivity contribution in [2.24, 2.45) is 5.11 Å². The summed E-state index contributed by atoms with van der Waals surface area (Å²) in [5.74, 6) is 0.287. The molecule has 4 nitrogen and oxygen atoms in total. The summed E-state index contributed by atoms with van der Waals surface area (Å²) < 4.78 is 0. The first-order valence-electron chi connectivity index (χ1n) is 4.98. The highest BCUT2D eigenvalue weighted by atomic mass is 16.1. The number of hydrogen-bond acceptors (Lipinski definition) is 2. The van der Waals surface area contributed by atoms with Crippen LogP contribution >= 0.6 is 0 Å². The number of rotatable bonds is 4. The van der Waals surface area contributed by atoms with Crippen molar-refractivity contribution >= 4 is 5.78 Å². The maximum Gasteiger partial charge on any atom is 0.158 e. The second-order valence-electron chi connectivity index (χ2n) is 3.59. The fourth-order valence-electron chi connectivity index (χ4n) is 1.78. The Bertz CT molecular complexity index is 300. The third-order valence-electron chi connectivity index (χ3n) is 2.56. The van der Waals surface area contributed by atoms with Crippen molar-refractivity contribution in [3.05, 3.63) is 21.6 Å². The zero-order chi connectivity index (χ0) is 10.4. The third-order valence-corrected chi connectivity index (χ3v) is 2.56. The van der Waals surface area contributed by atoms with Crippen molar-refractivity contribution in [2.45, 2.75) is 39.0 Å². The van der Waals surface area contributed by atoms with Crippen LogP contribution in [0, 0.1) is 0 Å². The Balaban J connectivity index is 2.48. The van der Waals surface area contributed by atoms with Crippen LogP contribution in [0.2, 0.25) is 0 Å². The van der Waals surface area contributed by atoms with Crippen LogP contribution in [-0.2, 0) is 4.79 Å². The van der Waals surface area contributed by atoms with E-state index in [9.17, 15) is 4.79 Å². The van der Waals surface area contributed by atoms with Gasteiger partial charge in [0.25, 0.3) is 0 Å². The van der Waals surface area contributed by atoms with Crippen LogP contribution in [0.4, 0.5) is 0 Å². The molecule has 0 unspecified atom stereocenters. The SMILES string of the molecule is CC1=C(CCCN=[N+]=[N-])C(=O)CCC1. The van der Waals surface area contributed by atoms with E-state index in [0.29, 0.717) is 13.0 Å². The van der Waals surface area contributed by atoms with E-state index in [1.54, 1.807) is 0 Å². The molecule has 0 radical (unpaired) electrons. The smallest absolute Gasteiger partial charge is 0.158 e. The van der Waals surface area contributed by atoms with Crippen LogP contribution in [0.15, 0.2) is 16.3 Å². The molecule has 0 N–H and O–H groups in total. The summed E-state index contributed by atoms with van der Waals surface area (Å²) in [6.45, 7) is 2.51. The molecule has 4 heteroatoms. The molecule has 0 atom stereocenters. The first kappa shape index (κ1) is 10.8. The highest BCUT2D eigenvalue weighted by Gasteiger charge is 2.16. The van der Waals surface area contributed by atoms with E-state index in [-0.39, 0.29) is 5.78 Å². The summed E-state index contributed by atoms with van der Waals surface area (Å²) in [4.78, 5) is 14.2. The predicted molar refractivity (Wildman–Crippen MR) is 54.8 cm³/mol. The molecule has 0 amide bonds. The summed E-state index contributed by atoms with van der Waals surface area (Å²) in [7, 11) is 0. The van der Waals surface area contributed by atoms with Crippen LogP contribution < -0.4 is 0 Å². The van der Waals surface area contributed by atoms with Gasteiger partial charge in [0.05, 0.1) is 0 Å². The number of carbonyl (C=O) groups is 1. The number of hydrogen-bond donors (Lipinski definition) is 0. The van der Waals surface area contributed by atoms with Gasteiger partial charge in [-0.25, -0.2) is 0 Å². The molecular formula is C10H15N3O. The Morgan fingerprint density at radius 2 is 2.29 bits per heavy atom. The van der Waals surface area contributed by atoms with Crippen molar-refractivity contribution in [3.63, 3.8) is 0 Å². The van der Waals surface area contributed by atoms with E-state index >= 15 is 0 Å². The highest BCUT2D eigenvalue weighted by Crippen LogP contribution is 2.24. The summed E-state index contributed by atoms with van der Waals surface area (Å²) in [6.07, 6.45) is 4.27. The topological polar surface area (TPSA) is 65.8 Å². The molecule has 0 bridgehead atoms. The first-order valence-corrected chi connectivity index (χ1v) is 4.98. The zero-order valence-electron chi connectivity index (χ0n) is 8.49. The van der Waals surface area contributed by atoms with Crippen LogP contribution in [0.5, 0.6) is 0 Å². The lowest BCUT2D eigenvalue weighted by molar-refractivity contribution is -0.116. The minimum atomic E-state index is 0.287. The molecule has 0 heterocycles. The summed E-state index contributed by atoms with van der Waals surface area (Å²) in [6, 6.07) is 0. The maximum absolute atomic E-state index is 11.5. The monoisotopic (exact) mass is 193 g/mol. The van der Waals surface area contributed by atoms with Crippen molar-refractivity contribution in [1.29, 1.82) is 0 Å². The van der Waals surface area contributed by atoms with Crippen LogP contribution in [0.3, 0.4) is 0 Å². The Morgan fingerprint density at radius 1 is 1.50 bits per heavy atom. The van der Waals surface area contributed by atoms with Gasteiger partial charge in [0.15, 0.2) is 5.78 Å². The Kier molecular flexibility index (Phi) is 4.20. The lowest BCUT2D eigenvalue weighted by atomic mass is 9.89. The number of ketones is 1. The molecule has 0 spiro atoms. The molecule has 0 aromatic rings. The van der Waals surface area contributed by atoms with Gasteiger partial charge >= 0.3 is 0 Å². The van der Waals surface area contributed by atoms with Gasteiger partial charge < -0.3 is 0 Å². The number of Topliss-reactive ketones (excluding diaryl/α,β-unsaturated/α-hetero) is 1. The van der Waals surface area contributed by atoms with Crippen LogP contribution in [-0.4, -0.2) is 12.3 Å².